The zero-order chi connectivity index (χ0) is 18.4. The molecule has 2 aromatic rings. The second-order valence-electron chi connectivity index (χ2n) is 5.20. The maximum atomic E-state index is 13.3. The van der Waals surface area contributed by atoms with Crippen LogP contribution in [0.5, 0.6) is 0 Å². The molecule has 8 nitrogen and oxygen atoms in total. The number of nitrogens with one attached hydrogen (secondary N) is 2. The number of nitrogens with zero attached hydrogens (tertiary/aromatic N) is 3. The number of hydrogen-bond acceptors (Lipinski definition) is 7. The third kappa shape index (κ3) is 5.78. The molecule has 0 atom stereocenters. The maximum absolute atomic E-state index is 13.3. The lowest BCUT2D eigenvalue weighted by atomic mass is 10.3. The number of rotatable bonds is 7. The van der Waals surface area contributed by atoms with Crippen molar-refractivity contribution in [3.05, 3.63) is 34.2 Å². The predicted octanol–water partition coefficient (Wildman–Crippen LogP) is 2.31. The highest BCUT2D eigenvalue weighted by atomic mass is 79.9. The first-order valence-electron chi connectivity index (χ1n) is 7.23. The van der Waals surface area contributed by atoms with E-state index in [9.17, 15) is 12.8 Å². The molecule has 0 unspecified atom stereocenters. The minimum Gasteiger partial charge on any atom is -0.365 e. The van der Waals surface area contributed by atoms with Crippen molar-refractivity contribution in [1.29, 1.82) is 0 Å². The van der Waals surface area contributed by atoms with Crippen LogP contribution in [-0.4, -0.2) is 50.2 Å². The summed E-state index contributed by atoms with van der Waals surface area (Å²) in [6.07, 6.45) is 1.60. The lowest BCUT2D eigenvalue weighted by molar-refractivity contribution is 0.308. The van der Waals surface area contributed by atoms with Gasteiger partial charge in [-0.15, -0.1) is 0 Å². The number of anilines is 2. The molecule has 0 aliphatic carbocycles. The first kappa shape index (κ1) is 19.3. The van der Waals surface area contributed by atoms with Gasteiger partial charge in [-0.25, -0.2) is 17.4 Å². The van der Waals surface area contributed by atoms with Crippen LogP contribution in [-0.2, 0) is 9.84 Å². The summed E-state index contributed by atoms with van der Waals surface area (Å²) in [5.74, 6) is 0.391. The molecule has 2 rings (SSSR count). The van der Waals surface area contributed by atoms with E-state index in [0.717, 1.165) is 0 Å². The third-order valence-electron chi connectivity index (χ3n) is 3.10. The fourth-order valence-electron chi connectivity index (χ4n) is 1.93. The smallest absolute Gasteiger partial charge is 0.202 e. The highest BCUT2D eigenvalue weighted by molar-refractivity contribution is 9.10. The predicted molar refractivity (Wildman–Crippen MR) is 97.3 cm³/mol. The molecule has 0 aliphatic heterocycles. The minimum absolute atomic E-state index is 0.0667. The van der Waals surface area contributed by atoms with Crippen LogP contribution in [0.1, 0.15) is 12.1 Å². The Morgan fingerprint density at radius 1 is 1.40 bits per heavy atom. The zero-order valence-electron chi connectivity index (χ0n) is 13.6. The number of hydrogen-bond donors (Lipinski definition) is 2. The van der Waals surface area contributed by atoms with Gasteiger partial charge in [0.1, 0.15) is 15.7 Å². The highest BCUT2D eigenvalue weighted by Crippen LogP contribution is 2.21. The van der Waals surface area contributed by atoms with Gasteiger partial charge in [-0.05, 0) is 50.9 Å². The summed E-state index contributed by atoms with van der Waals surface area (Å²) in [4.78, 5) is 4.10. The summed E-state index contributed by atoms with van der Waals surface area (Å²) >= 11 is 3.12. The molecule has 0 spiro atoms. The molecule has 136 valence electrons. The second-order valence-corrected chi connectivity index (χ2v) is 8.31. The highest BCUT2D eigenvalue weighted by Gasteiger charge is 2.16. The summed E-state index contributed by atoms with van der Waals surface area (Å²) < 4.78 is 40.6. The van der Waals surface area contributed by atoms with Crippen LogP contribution in [0.25, 0.3) is 0 Å². The molecule has 2 N–H and O–H groups in total. The van der Waals surface area contributed by atoms with E-state index in [2.05, 4.69) is 41.9 Å². The molecule has 1 aromatic heterocycles. The van der Waals surface area contributed by atoms with Crippen LogP contribution >= 0.6 is 15.9 Å². The van der Waals surface area contributed by atoms with E-state index in [0.29, 0.717) is 40.5 Å². The van der Waals surface area contributed by atoms with Gasteiger partial charge in [0.15, 0.2) is 11.5 Å². The van der Waals surface area contributed by atoms with Crippen LogP contribution in [0, 0.1) is 5.82 Å². The molecule has 0 bridgehead atoms. The van der Waals surface area contributed by atoms with E-state index in [1.54, 1.807) is 19.2 Å². The van der Waals surface area contributed by atoms with Gasteiger partial charge in [0.25, 0.3) is 0 Å². The van der Waals surface area contributed by atoms with Gasteiger partial charge in [0.2, 0.25) is 5.82 Å². The molecule has 0 saturated heterocycles. The third-order valence-corrected chi connectivity index (χ3v) is 4.74. The van der Waals surface area contributed by atoms with Gasteiger partial charge in [-0.2, -0.15) is 0 Å². The van der Waals surface area contributed by atoms with E-state index in [4.69, 9.17) is 4.63 Å². The Balaban J connectivity index is 2.06. The molecule has 1 aromatic carbocycles. The fraction of sp³-hybridized carbons (Fsp3) is 0.357. The van der Waals surface area contributed by atoms with Crippen molar-refractivity contribution in [3.8, 4) is 0 Å². The Hall–Kier alpha value is -2.01. The average molecular weight is 434 g/mol. The monoisotopic (exact) mass is 433 g/mol. The van der Waals surface area contributed by atoms with Crippen LogP contribution in [0.15, 0.2) is 32.3 Å². The van der Waals surface area contributed by atoms with Crippen molar-refractivity contribution in [3.63, 3.8) is 0 Å². The van der Waals surface area contributed by atoms with E-state index in [1.807, 2.05) is 0 Å². The average Bonchev–Trinajstić information content (AvgIpc) is 3.00. The lowest BCUT2D eigenvalue weighted by Crippen LogP contribution is -2.17. The summed E-state index contributed by atoms with van der Waals surface area (Å²) in [7, 11) is -1.46. The molecule has 0 amide bonds. The number of aromatic nitrogens is 2. The molecule has 1 heterocycles. The van der Waals surface area contributed by atoms with Crippen LogP contribution in [0.3, 0.4) is 0 Å². The molecule has 0 radical (unpaired) electrons. The van der Waals surface area contributed by atoms with E-state index in [-0.39, 0.29) is 11.6 Å². The molecular formula is C14H17BrFN5O3S. The first-order valence-corrected chi connectivity index (χ1v) is 10.1. The second kappa shape index (κ2) is 8.39. The zero-order valence-corrected chi connectivity index (χ0v) is 16.0. The number of sulfone groups is 1. The number of halogens is 2. The van der Waals surface area contributed by atoms with Gasteiger partial charge in [0, 0.05) is 25.5 Å². The molecular weight excluding hydrogens is 417 g/mol. The minimum atomic E-state index is -3.02. The summed E-state index contributed by atoms with van der Waals surface area (Å²) in [5, 5.41) is 13.5. The largest absolute Gasteiger partial charge is 0.365 e. The normalized spacial score (nSPS) is 12.2. The Morgan fingerprint density at radius 2 is 2.16 bits per heavy atom. The quantitative estimate of drug-likeness (QED) is 0.391. The molecule has 0 saturated carbocycles. The van der Waals surface area contributed by atoms with Gasteiger partial charge in [-0.3, -0.25) is 4.99 Å². The van der Waals surface area contributed by atoms with Crippen LogP contribution in [0.2, 0.25) is 0 Å². The first-order chi connectivity index (χ1) is 11.8. The van der Waals surface area contributed by atoms with Crippen LogP contribution in [0.4, 0.5) is 15.9 Å². The van der Waals surface area contributed by atoms with Gasteiger partial charge >= 0.3 is 0 Å². The van der Waals surface area contributed by atoms with E-state index >= 15 is 0 Å². The van der Waals surface area contributed by atoms with Crippen molar-refractivity contribution < 1.29 is 17.4 Å². The topological polar surface area (TPSA) is 109 Å². The SMILES string of the molecule is CN=C(Nc1ccc(F)c(Br)c1)c1nonc1NCCCS(C)(=O)=O. The Morgan fingerprint density at radius 3 is 2.80 bits per heavy atom. The molecule has 25 heavy (non-hydrogen) atoms. The lowest BCUT2D eigenvalue weighted by Gasteiger charge is -2.09. The maximum Gasteiger partial charge on any atom is 0.202 e. The van der Waals surface area contributed by atoms with Gasteiger partial charge < -0.3 is 10.6 Å². The van der Waals surface area contributed by atoms with Crippen molar-refractivity contribution in [2.45, 2.75) is 6.42 Å². The fourth-order valence-corrected chi connectivity index (χ4v) is 2.98. The van der Waals surface area contributed by atoms with Gasteiger partial charge in [-0.1, -0.05) is 0 Å². The molecule has 11 heteroatoms. The number of benzene rings is 1. The van der Waals surface area contributed by atoms with E-state index < -0.39 is 9.84 Å². The van der Waals surface area contributed by atoms with Crippen molar-refractivity contribution >= 4 is 43.1 Å². The van der Waals surface area contributed by atoms with Crippen molar-refractivity contribution in [1.82, 2.24) is 10.3 Å². The number of aliphatic imine (C=N–C) groups is 1. The van der Waals surface area contributed by atoms with E-state index in [1.165, 1.54) is 12.3 Å². The van der Waals surface area contributed by atoms with Gasteiger partial charge in [0.05, 0.1) is 10.2 Å². The summed E-state index contributed by atoms with van der Waals surface area (Å²) in [6.45, 7) is 0.382. The van der Waals surface area contributed by atoms with Crippen molar-refractivity contribution in [2.75, 3.05) is 36.2 Å². The summed E-state index contributed by atoms with van der Waals surface area (Å²) in [5.41, 5.74) is 0.933. The Labute approximate surface area is 152 Å². The Kier molecular flexibility index (Phi) is 6.48. The Bertz CT molecular complexity index is 869. The van der Waals surface area contributed by atoms with Crippen LogP contribution < -0.4 is 10.6 Å². The molecule has 0 fully saturated rings. The molecule has 0 aliphatic rings. The number of amidine groups is 1. The summed E-state index contributed by atoms with van der Waals surface area (Å²) in [6, 6.07) is 4.43. The van der Waals surface area contributed by atoms with Crippen molar-refractivity contribution in [2.24, 2.45) is 4.99 Å². The standard InChI is InChI=1S/C14H17BrFN5O3S/c1-17-13(19-9-4-5-11(16)10(15)8-9)12-14(21-24-20-12)18-6-3-7-25(2,22)23/h4-5,8H,3,6-7H2,1-2H3,(H,17,19)(H,18,21).